The first-order valence-electron chi connectivity index (χ1n) is 26.9. The molecule has 0 saturated carbocycles. The smallest absolute Gasteiger partial charge is 0.545 e. The minimum Gasteiger partial charge on any atom is -0.545 e. The van der Waals surface area contributed by atoms with Gasteiger partial charge in [-0.25, -0.2) is 0 Å². The van der Waals surface area contributed by atoms with Crippen LogP contribution in [0.25, 0.3) is 43.6 Å². The summed E-state index contributed by atoms with van der Waals surface area (Å²) in [6, 6.07) is 63.6. The summed E-state index contributed by atoms with van der Waals surface area (Å²) in [4.78, 5) is 78.6. The normalized spacial score (nSPS) is 9.58. The number of benzene rings is 8. The van der Waals surface area contributed by atoms with E-state index >= 15 is 0 Å². The van der Waals surface area contributed by atoms with Gasteiger partial charge in [-0.2, -0.15) is 0 Å². The number of fused-ring (bicyclic) bond motifs is 6. The Morgan fingerprint density at radius 1 is 0.222 bits per heavy atom. The maximum Gasteiger partial charge on any atom is 3.00 e. The third kappa shape index (κ3) is 25.5. The van der Waals surface area contributed by atoms with Crippen molar-refractivity contribution in [3.8, 4) is 0 Å². The number of carboxylic acids is 6. The molecule has 0 saturated heterocycles. The van der Waals surface area contributed by atoms with Gasteiger partial charge in [0.2, 0.25) is 0 Å². The Kier molecular flexibility index (Phi) is 32.4. The monoisotopic (exact) mass is 1500 g/mol. The maximum absolute atomic E-state index is 10.2. The first kappa shape index (κ1) is 75.0. The van der Waals surface area contributed by atoms with Crippen molar-refractivity contribution in [2.45, 2.75) is 41.5 Å². The molecule has 4 aromatic heterocycles. The Labute approximate surface area is 580 Å². The molecule has 16 nitrogen and oxygen atoms in total. The Morgan fingerprint density at radius 2 is 0.356 bits per heavy atom. The predicted molar refractivity (Wildman–Crippen MR) is 327 cm³/mol. The summed E-state index contributed by atoms with van der Waals surface area (Å²) in [5, 5.41) is 65.8. The van der Waals surface area contributed by atoms with Gasteiger partial charge >= 0.3 is 75.5 Å². The summed E-state index contributed by atoms with van der Waals surface area (Å²) in [5.74, 6) is -6.75. The van der Waals surface area contributed by atoms with Crippen LogP contribution in [0.15, 0.2) is 243 Å². The third-order valence-electron chi connectivity index (χ3n) is 12.4. The van der Waals surface area contributed by atoms with Crippen molar-refractivity contribution in [2.75, 3.05) is 0 Å². The van der Waals surface area contributed by atoms with E-state index in [0.29, 0.717) is 0 Å². The zero-order valence-corrected chi connectivity index (χ0v) is 53.3. The van der Waals surface area contributed by atoms with Crippen LogP contribution in [-0.2, 0) is 0 Å². The van der Waals surface area contributed by atoms with E-state index in [1.807, 2.05) is 65.8 Å². The molecule has 0 atom stereocenters. The molecule has 0 amide bonds. The second kappa shape index (κ2) is 38.9. The van der Waals surface area contributed by atoms with Gasteiger partial charge in [0.1, 0.15) is 0 Å². The third-order valence-corrected chi connectivity index (χ3v) is 12.4. The molecule has 8 aromatic carbocycles. The van der Waals surface area contributed by atoms with Crippen molar-refractivity contribution in [1.82, 2.24) is 19.9 Å². The quantitative estimate of drug-likeness (QED) is 0.114. The Balaban J connectivity index is 0.000000269. The average molecular weight is 1500 g/mol. The molecule has 0 spiro atoms. The zero-order valence-electron chi connectivity index (χ0n) is 49.4. The molecule has 12 aromatic rings. The number of hydrogen-bond donors (Lipinski definition) is 0. The molecule has 0 aliphatic rings. The van der Waals surface area contributed by atoms with Crippen molar-refractivity contribution >= 4 is 79.4 Å². The van der Waals surface area contributed by atoms with Crippen LogP contribution < -0.4 is 30.6 Å². The second-order valence-electron chi connectivity index (χ2n) is 19.4. The van der Waals surface area contributed by atoms with E-state index in [-0.39, 0.29) is 109 Å². The van der Waals surface area contributed by atoms with E-state index in [2.05, 4.69) is 68.5 Å². The number of rotatable bonds is 6. The SMILES string of the molecule is Cc1ccc(C(=O)[O-])cc1.Cc1ccc(C(=O)[O-])cc1.Cc1ccc(C(=O)[O-])cc1.Cc1ccc(C(=O)[O-])cc1.Cc1ccc(C(=O)[O-])cc1.Cc1ccc(C(=O)[O-])cc1.[Ho+3].[Ho+3].c1cnc2c(c1)ccc1cccnc12.c1cnc2c(c1)ccc1cccnc12. The summed E-state index contributed by atoms with van der Waals surface area (Å²) >= 11 is 0. The van der Waals surface area contributed by atoms with Crippen LogP contribution in [0.3, 0.4) is 0 Å². The molecule has 0 unspecified atom stereocenters. The average Bonchev–Trinajstić information content (AvgIpc) is 1.00. The number of carboxylic acid groups (broad SMARTS) is 6. The van der Waals surface area contributed by atoms with Crippen molar-refractivity contribution in [2.24, 2.45) is 0 Å². The van der Waals surface area contributed by atoms with Gasteiger partial charge in [0.05, 0.1) is 57.9 Å². The molecule has 0 N–H and O–H groups in total. The number of carbonyl (C=O) groups is 6. The fraction of sp³-hybridized carbons (Fsp3) is 0.0833. The maximum atomic E-state index is 10.2. The van der Waals surface area contributed by atoms with Crippen LogP contribution in [0.1, 0.15) is 95.5 Å². The summed E-state index contributed by atoms with van der Waals surface area (Å²) in [6.07, 6.45) is 7.21. The topological polar surface area (TPSA) is 292 Å². The van der Waals surface area contributed by atoms with Crippen molar-refractivity contribution < 1.29 is 135 Å². The molecule has 12 rings (SSSR count). The van der Waals surface area contributed by atoms with Gasteiger partial charge in [-0.15, -0.1) is 0 Å². The Morgan fingerprint density at radius 3 is 0.478 bits per heavy atom. The standard InChI is InChI=1S/2C12H8N2.6C8H8O2.2Ho/c2*1-3-9-5-6-10-4-2-8-14-12(10)11(9)13-7-1;6*1-6-2-4-7(5-3-6)8(9)10;;/h2*1-8H;6*2-5H,1H3,(H,9,10);;/q;;;;;;;;2*+3/p-6. The van der Waals surface area contributed by atoms with E-state index < -0.39 is 35.8 Å². The number of aromatic nitrogens is 4. The first-order valence-corrected chi connectivity index (χ1v) is 26.9. The fourth-order valence-corrected chi connectivity index (χ4v) is 7.50. The summed E-state index contributed by atoms with van der Waals surface area (Å²) in [7, 11) is 0. The van der Waals surface area contributed by atoms with E-state index in [1.165, 1.54) is 72.8 Å². The molecule has 0 radical (unpaired) electrons. The Bertz CT molecular complexity index is 3620. The van der Waals surface area contributed by atoms with Crippen LogP contribution in [-0.4, -0.2) is 55.8 Å². The molecule has 90 heavy (non-hydrogen) atoms. The van der Waals surface area contributed by atoms with Gasteiger partial charge in [0.25, 0.3) is 0 Å². The predicted octanol–water partition coefficient (Wildman–Crippen LogP) is 7.72. The van der Waals surface area contributed by atoms with Crippen molar-refractivity contribution in [3.05, 3.63) is 310 Å². The number of pyridine rings is 4. The zero-order chi connectivity index (χ0) is 64.1. The van der Waals surface area contributed by atoms with E-state index in [9.17, 15) is 59.4 Å². The van der Waals surface area contributed by atoms with E-state index in [0.717, 1.165) is 77.0 Å². The fourth-order valence-electron chi connectivity index (χ4n) is 7.50. The largest absolute Gasteiger partial charge is 3.00 e. The number of aryl methyl sites for hydroxylation is 6. The minimum absolute atomic E-state index is 0. The minimum atomic E-state index is -1.12. The van der Waals surface area contributed by atoms with Crippen molar-refractivity contribution in [1.29, 1.82) is 0 Å². The molecule has 18 heteroatoms. The van der Waals surface area contributed by atoms with E-state index in [1.54, 1.807) is 97.6 Å². The number of hydrogen-bond acceptors (Lipinski definition) is 16. The molecule has 460 valence electrons. The molecule has 0 fully saturated rings. The molecular formula is C72H58Ho2N4O12. The van der Waals surface area contributed by atoms with Gasteiger partial charge in [-0.1, -0.05) is 228 Å². The van der Waals surface area contributed by atoms with Gasteiger partial charge in [-0.05, 0) is 99.2 Å². The van der Waals surface area contributed by atoms with Crippen molar-refractivity contribution in [3.63, 3.8) is 0 Å². The molecule has 4 heterocycles. The number of aromatic carboxylic acids is 6. The van der Waals surface area contributed by atoms with Gasteiger partial charge in [0.15, 0.2) is 0 Å². The van der Waals surface area contributed by atoms with Gasteiger partial charge in [0, 0.05) is 46.3 Å². The van der Waals surface area contributed by atoms with Crippen LogP contribution >= 0.6 is 0 Å². The number of nitrogens with zero attached hydrogens (tertiary/aromatic N) is 4. The first-order chi connectivity index (χ1) is 42.1. The molecular weight excluding hydrogens is 1440 g/mol. The molecule has 0 aliphatic carbocycles. The summed E-state index contributed by atoms with van der Waals surface area (Å²) < 4.78 is 0. The van der Waals surface area contributed by atoms with E-state index in [4.69, 9.17) is 0 Å². The second-order valence-corrected chi connectivity index (χ2v) is 19.4. The van der Waals surface area contributed by atoms with Gasteiger partial charge in [-0.3, -0.25) is 19.9 Å². The molecule has 0 bridgehead atoms. The van der Waals surface area contributed by atoms with Crippen LogP contribution in [0.5, 0.6) is 0 Å². The molecule has 0 aliphatic heterocycles. The van der Waals surface area contributed by atoms with Crippen LogP contribution in [0.4, 0.5) is 0 Å². The number of carbonyl (C=O) groups excluding carboxylic acids is 6. The van der Waals surface area contributed by atoms with Crippen LogP contribution in [0.2, 0.25) is 0 Å². The summed E-state index contributed by atoms with van der Waals surface area (Å²) in [5.41, 5.74) is 11.6. The summed E-state index contributed by atoms with van der Waals surface area (Å²) in [6.45, 7) is 11.4. The van der Waals surface area contributed by atoms with Gasteiger partial charge < -0.3 is 59.4 Å². The Hall–Kier alpha value is -9.26. The van der Waals surface area contributed by atoms with Crippen LogP contribution in [0, 0.1) is 117 Å².